The Morgan fingerprint density at radius 3 is 2.26 bits per heavy atom. The fourth-order valence-electron chi connectivity index (χ4n) is 3.74. The molecule has 0 aliphatic carbocycles. The molecule has 0 unspecified atom stereocenters. The standard InChI is InChI=1S/C24H21Cl2NO4/c1-14-12-16(25)9-11-19(14)31-23-22(15-8-10-20(29-2)21(13-15)30-3)27(24(23)28)18-7-5-4-6-17(18)26/h4-13,22-23H,1-3H3/t22-,23-/m1/s1. The first-order valence-electron chi connectivity index (χ1n) is 9.67. The normalized spacial score (nSPS) is 17.8. The van der Waals surface area contributed by atoms with Crippen molar-refractivity contribution in [3.05, 3.63) is 81.8 Å². The minimum absolute atomic E-state index is 0.178. The molecule has 1 amide bonds. The number of hydrogen-bond acceptors (Lipinski definition) is 4. The minimum atomic E-state index is -0.728. The molecule has 4 rings (SSSR count). The van der Waals surface area contributed by atoms with E-state index in [1.54, 1.807) is 43.4 Å². The van der Waals surface area contributed by atoms with Gasteiger partial charge in [-0.3, -0.25) is 9.69 Å². The van der Waals surface area contributed by atoms with E-state index in [1.807, 2.05) is 43.3 Å². The van der Waals surface area contributed by atoms with Crippen LogP contribution in [-0.2, 0) is 4.79 Å². The molecule has 1 fully saturated rings. The summed E-state index contributed by atoms with van der Waals surface area (Å²) in [5.74, 6) is 1.60. The highest BCUT2D eigenvalue weighted by Crippen LogP contribution is 2.45. The molecule has 1 saturated heterocycles. The molecule has 31 heavy (non-hydrogen) atoms. The number of methoxy groups -OCH3 is 2. The summed E-state index contributed by atoms with van der Waals surface area (Å²) in [6.07, 6.45) is -0.728. The Hall–Kier alpha value is -2.89. The van der Waals surface area contributed by atoms with Crippen molar-refractivity contribution in [3.63, 3.8) is 0 Å². The van der Waals surface area contributed by atoms with Gasteiger partial charge in [-0.25, -0.2) is 0 Å². The van der Waals surface area contributed by atoms with Crippen molar-refractivity contribution in [1.82, 2.24) is 0 Å². The second-order valence-corrected chi connectivity index (χ2v) is 8.01. The van der Waals surface area contributed by atoms with E-state index in [9.17, 15) is 4.79 Å². The smallest absolute Gasteiger partial charge is 0.271 e. The molecule has 0 bridgehead atoms. The molecule has 0 aromatic heterocycles. The van der Waals surface area contributed by atoms with Crippen LogP contribution in [0.4, 0.5) is 5.69 Å². The van der Waals surface area contributed by atoms with Crippen molar-refractivity contribution in [2.24, 2.45) is 0 Å². The Morgan fingerprint density at radius 2 is 1.58 bits per heavy atom. The van der Waals surface area contributed by atoms with Crippen LogP contribution in [0.3, 0.4) is 0 Å². The predicted octanol–water partition coefficient (Wildman–Crippen LogP) is 5.85. The minimum Gasteiger partial charge on any atom is -0.493 e. The van der Waals surface area contributed by atoms with Crippen molar-refractivity contribution in [1.29, 1.82) is 0 Å². The van der Waals surface area contributed by atoms with Crippen LogP contribution in [0.1, 0.15) is 17.2 Å². The summed E-state index contributed by atoms with van der Waals surface area (Å²) in [5, 5.41) is 1.10. The third-order valence-electron chi connectivity index (χ3n) is 5.30. The maximum absolute atomic E-state index is 13.2. The highest BCUT2D eigenvalue weighted by Gasteiger charge is 2.51. The average Bonchev–Trinajstić information content (AvgIpc) is 2.77. The SMILES string of the molecule is COc1ccc([C@@H]2[C@@H](Oc3ccc(Cl)cc3C)C(=O)N2c2ccccc2Cl)cc1OC. The zero-order valence-corrected chi connectivity index (χ0v) is 18.8. The van der Waals surface area contributed by atoms with Crippen LogP contribution in [0.15, 0.2) is 60.7 Å². The first-order valence-corrected chi connectivity index (χ1v) is 10.4. The van der Waals surface area contributed by atoms with Gasteiger partial charge in [0.2, 0.25) is 6.10 Å². The van der Waals surface area contributed by atoms with Gasteiger partial charge in [-0.2, -0.15) is 0 Å². The van der Waals surface area contributed by atoms with Crippen molar-refractivity contribution in [3.8, 4) is 17.2 Å². The third kappa shape index (κ3) is 3.91. The number of anilines is 1. The third-order valence-corrected chi connectivity index (χ3v) is 5.85. The lowest BCUT2D eigenvalue weighted by atomic mass is 9.89. The van der Waals surface area contributed by atoms with Crippen LogP contribution >= 0.6 is 23.2 Å². The van der Waals surface area contributed by atoms with Gasteiger partial charge in [-0.05, 0) is 60.5 Å². The number of nitrogens with zero attached hydrogens (tertiary/aromatic N) is 1. The molecule has 7 heteroatoms. The molecule has 0 N–H and O–H groups in total. The predicted molar refractivity (Wildman–Crippen MR) is 122 cm³/mol. The van der Waals surface area contributed by atoms with Gasteiger partial charge in [0, 0.05) is 5.02 Å². The number of hydrogen-bond donors (Lipinski definition) is 0. The number of halogens is 2. The van der Waals surface area contributed by atoms with E-state index in [1.165, 1.54) is 0 Å². The van der Waals surface area contributed by atoms with Crippen molar-refractivity contribution >= 4 is 34.8 Å². The summed E-state index contributed by atoms with van der Waals surface area (Å²) in [7, 11) is 3.15. The van der Waals surface area contributed by atoms with Gasteiger partial charge >= 0.3 is 0 Å². The molecule has 160 valence electrons. The fraction of sp³-hybridized carbons (Fsp3) is 0.208. The molecule has 1 aliphatic heterocycles. The first-order chi connectivity index (χ1) is 14.9. The Labute approximate surface area is 191 Å². The molecule has 0 saturated carbocycles. The van der Waals surface area contributed by atoms with Gasteiger partial charge in [-0.1, -0.05) is 41.4 Å². The lowest BCUT2D eigenvalue weighted by Gasteiger charge is -2.47. The monoisotopic (exact) mass is 457 g/mol. The highest BCUT2D eigenvalue weighted by atomic mass is 35.5. The zero-order chi connectivity index (χ0) is 22.1. The molecule has 0 spiro atoms. The van der Waals surface area contributed by atoms with Crippen LogP contribution in [-0.4, -0.2) is 26.2 Å². The number of β-lactam (4-membered cyclic amide) rings is 1. The second-order valence-electron chi connectivity index (χ2n) is 7.17. The fourth-order valence-corrected chi connectivity index (χ4v) is 4.19. The number of carbonyl (C=O) groups is 1. The molecule has 2 atom stereocenters. The lowest BCUT2D eigenvalue weighted by Crippen LogP contribution is -2.61. The molecular weight excluding hydrogens is 437 g/mol. The number of amides is 1. The van der Waals surface area contributed by atoms with E-state index in [0.717, 1.165) is 11.1 Å². The second kappa shape index (κ2) is 8.69. The van der Waals surface area contributed by atoms with Crippen LogP contribution < -0.4 is 19.1 Å². The van der Waals surface area contributed by atoms with Crippen molar-refractivity contribution in [2.75, 3.05) is 19.1 Å². The molecule has 3 aromatic carbocycles. The Balaban J connectivity index is 1.76. The maximum Gasteiger partial charge on any atom is 0.271 e. The van der Waals surface area contributed by atoms with E-state index in [0.29, 0.717) is 33.0 Å². The van der Waals surface area contributed by atoms with Crippen LogP contribution in [0.2, 0.25) is 10.0 Å². The van der Waals surface area contributed by atoms with E-state index in [4.69, 9.17) is 37.4 Å². The summed E-state index contributed by atoms with van der Waals surface area (Å²) in [4.78, 5) is 14.9. The van der Waals surface area contributed by atoms with Gasteiger partial charge in [0.25, 0.3) is 5.91 Å². The summed E-state index contributed by atoms with van der Waals surface area (Å²) in [6.45, 7) is 1.89. The molecule has 1 aliphatic rings. The summed E-state index contributed by atoms with van der Waals surface area (Å²) in [6, 6.07) is 17.7. The van der Waals surface area contributed by atoms with Crippen LogP contribution in [0.5, 0.6) is 17.2 Å². The molecule has 1 heterocycles. The van der Waals surface area contributed by atoms with E-state index in [-0.39, 0.29) is 5.91 Å². The van der Waals surface area contributed by atoms with Crippen molar-refractivity contribution in [2.45, 2.75) is 19.1 Å². The Bertz CT molecular complexity index is 1130. The van der Waals surface area contributed by atoms with Gasteiger partial charge in [0.1, 0.15) is 11.8 Å². The van der Waals surface area contributed by atoms with Crippen LogP contribution in [0, 0.1) is 6.92 Å². The average molecular weight is 458 g/mol. The Kier molecular flexibility index (Phi) is 5.99. The molecule has 5 nitrogen and oxygen atoms in total. The summed E-state index contributed by atoms with van der Waals surface area (Å²) in [5.41, 5.74) is 2.32. The number of rotatable bonds is 6. The number of benzene rings is 3. The number of aryl methyl sites for hydroxylation is 1. The Morgan fingerprint density at radius 1 is 0.871 bits per heavy atom. The topological polar surface area (TPSA) is 48.0 Å². The van der Waals surface area contributed by atoms with E-state index < -0.39 is 12.1 Å². The number of carbonyl (C=O) groups excluding carboxylic acids is 1. The van der Waals surface area contributed by atoms with Gasteiger partial charge in [0.05, 0.1) is 24.9 Å². The largest absolute Gasteiger partial charge is 0.493 e. The molecule has 3 aromatic rings. The lowest BCUT2D eigenvalue weighted by molar-refractivity contribution is -0.135. The van der Waals surface area contributed by atoms with Crippen LogP contribution in [0.25, 0.3) is 0 Å². The summed E-state index contributed by atoms with van der Waals surface area (Å²) < 4.78 is 17.0. The quantitative estimate of drug-likeness (QED) is 0.435. The van der Waals surface area contributed by atoms with E-state index in [2.05, 4.69) is 0 Å². The molecular formula is C24H21Cl2NO4. The molecule has 0 radical (unpaired) electrons. The van der Waals surface area contributed by atoms with Crippen molar-refractivity contribution < 1.29 is 19.0 Å². The summed E-state index contributed by atoms with van der Waals surface area (Å²) >= 11 is 12.5. The zero-order valence-electron chi connectivity index (χ0n) is 17.3. The highest BCUT2D eigenvalue weighted by molar-refractivity contribution is 6.34. The van der Waals surface area contributed by atoms with Gasteiger partial charge in [0.15, 0.2) is 11.5 Å². The number of para-hydroxylation sites is 1. The number of ether oxygens (including phenoxy) is 3. The van der Waals surface area contributed by atoms with Gasteiger partial charge < -0.3 is 14.2 Å². The van der Waals surface area contributed by atoms with Gasteiger partial charge in [-0.15, -0.1) is 0 Å². The first kappa shape index (κ1) is 21.3. The maximum atomic E-state index is 13.2. The van der Waals surface area contributed by atoms with E-state index >= 15 is 0 Å².